The maximum absolute atomic E-state index is 3.77. The van der Waals surface area contributed by atoms with Crippen LogP contribution in [0, 0.1) is 0 Å². The maximum atomic E-state index is 3.77. The number of nitrogens with one attached hydrogen (secondary N) is 1. The predicted octanol–water partition coefficient (Wildman–Crippen LogP) is 5.40. The molecule has 1 aliphatic heterocycles. The highest BCUT2D eigenvalue weighted by Crippen LogP contribution is 2.32. The third-order valence-corrected chi connectivity index (χ3v) is 5.97. The quantitative estimate of drug-likeness (QED) is 0.483. The summed E-state index contributed by atoms with van der Waals surface area (Å²) in [6.07, 6.45) is 0. The third-order valence-electron chi connectivity index (χ3n) is 5.97. The van der Waals surface area contributed by atoms with Crippen molar-refractivity contribution in [1.29, 1.82) is 0 Å². The Balaban J connectivity index is 1.27. The summed E-state index contributed by atoms with van der Waals surface area (Å²) in [4.78, 5) is 2.57. The van der Waals surface area contributed by atoms with Crippen LogP contribution in [-0.2, 0) is 6.54 Å². The van der Waals surface area contributed by atoms with Crippen molar-refractivity contribution in [3.8, 4) is 0 Å². The van der Waals surface area contributed by atoms with E-state index in [9.17, 15) is 0 Å². The summed E-state index contributed by atoms with van der Waals surface area (Å²) in [5.74, 6) is 0. The van der Waals surface area contributed by atoms with Gasteiger partial charge in [0.15, 0.2) is 0 Å². The number of hydrogen-bond acceptors (Lipinski definition) is 2. The van der Waals surface area contributed by atoms with Crippen molar-refractivity contribution >= 4 is 10.8 Å². The summed E-state index contributed by atoms with van der Waals surface area (Å²) >= 11 is 0. The van der Waals surface area contributed by atoms with E-state index < -0.39 is 0 Å². The van der Waals surface area contributed by atoms with Crippen molar-refractivity contribution in [2.45, 2.75) is 18.6 Å². The Bertz CT molecular complexity index is 1020. The first-order valence-corrected chi connectivity index (χ1v) is 10.4. The Kier molecular flexibility index (Phi) is 5.12. The topological polar surface area (TPSA) is 15.3 Å². The van der Waals surface area contributed by atoms with Gasteiger partial charge in [-0.1, -0.05) is 103 Å². The highest BCUT2D eigenvalue weighted by Gasteiger charge is 2.33. The first-order chi connectivity index (χ1) is 14.4. The van der Waals surface area contributed by atoms with Crippen LogP contribution in [0.25, 0.3) is 10.8 Å². The average molecular weight is 379 g/mol. The lowest BCUT2D eigenvalue weighted by Crippen LogP contribution is -2.58. The maximum Gasteiger partial charge on any atom is 0.0602 e. The number of benzene rings is 4. The van der Waals surface area contributed by atoms with Crippen LogP contribution in [-0.4, -0.2) is 24.0 Å². The second-order valence-corrected chi connectivity index (χ2v) is 7.89. The van der Waals surface area contributed by atoms with E-state index in [4.69, 9.17) is 0 Å². The molecule has 4 aromatic rings. The third kappa shape index (κ3) is 3.82. The van der Waals surface area contributed by atoms with Crippen LogP contribution in [0.4, 0.5) is 0 Å². The van der Waals surface area contributed by atoms with Crippen molar-refractivity contribution in [2.75, 3.05) is 13.1 Å². The van der Waals surface area contributed by atoms with Crippen LogP contribution in [0.15, 0.2) is 103 Å². The Labute approximate surface area is 172 Å². The minimum atomic E-state index is 0.327. The van der Waals surface area contributed by atoms with E-state index in [1.807, 2.05) is 0 Å². The minimum absolute atomic E-state index is 0.327. The summed E-state index contributed by atoms with van der Waals surface area (Å²) in [5, 5.41) is 6.44. The van der Waals surface area contributed by atoms with Crippen LogP contribution >= 0.6 is 0 Å². The molecule has 144 valence electrons. The number of hydrogen-bond donors (Lipinski definition) is 1. The van der Waals surface area contributed by atoms with Crippen LogP contribution in [0.2, 0.25) is 0 Å². The zero-order valence-electron chi connectivity index (χ0n) is 16.5. The fourth-order valence-corrected chi connectivity index (χ4v) is 4.44. The Morgan fingerprint density at radius 2 is 1.28 bits per heavy atom. The zero-order chi connectivity index (χ0) is 19.5. The molecule has 0 saturated carbocycles. The molecule has 0 atom stereocenters. The van der Waals surface area contributed by atoms with Gasteiger partial charge in [0.1, 0.15) is 0 Å². The molecule has 0 aliphatic carbocycles. The average Bonchev–Trinajstić information content (AvgIpc) is 2.76. The minimum Gasteiger partial charge on any atom is -0.307 e. The Morgan fingerprint density at radius 3 is 1.97 bits per heavy atom. The molecule has 1 fully saturated rings. The van der Waals surface area contributed by atoms with Gasteiger partial charge >= 0.3 is 0 Å². The number of nitrogens with zero attached hydrogens (tertiary/aromatic N) is 1. The standard InChI is InChI=1S/C27H26N2/c1-3-11-22(12-4-1)27(23-13-5-2-6-14-23)29-19-25(20-29)28-18-24-16-9-15-21-10-7-8-17-26(21)24/h1-17,25,27-28H,18-20H2. The lowest BCUT2D eigenvalue weighted by Gasteiger charge is -2.45. The van der Waals surface area contributed by atoms with Crippen LogP contribution in [0.3, 0.4) is 0 Å². The molecule has 1 saturated heterocycles. The SMILES string of the molecule is c1ccc(C(c2ccccc2)N2CC(NCc3cccc4ccccc34)C2)cc1. The summed E-state index contributed by atoms with van der Waals surface area (Å²) < 4.78 is 0. The van der Waals surface area contributed by atoms with Gasteiger partial charge in [-0.15, -0.1) is 0 Å². The van der Waals surface area contributed by atoms with Crippen LogP contribution < -0.4 is 5.32 Å². The molecule has 0 aromatic heterocycles. The molecule has 1 heterocycles. The normalized spacial score (nSPS) is 14.9. The zero-order valence-corrected chi connectivity index (χ0v) is 16.5. The molecule has 4 aromatic carbocycles. The van der Waals surface area contributed by atoms with E-state index in [1.165, 1.54) is 27.5 Å². The molecule has 29 heavy (non-hydrogen) atoms. The van der Waals surface area contributed by atoms with E-state index >= 15 is 0 Å². The lowest BCUT2D eigenvalue weighted by atomic mass is 9.93. The molecule has 5 rings (SSSR count). The van der Waals surface area contributed by atoms with E-state index in [1.54, 1.807) is 0 Å². The first-order valence-electron chi connectivity index (χ1n) is 10.4. The number of fused-ring (bicyclic) bond motifs is 1. The van der Waals surface area contributed by atoms with E-state index in [2.05, 4.69) is 113 Å². The molecule has 0 radical (unpaired) electrons. The first kappa shape index (κ1) is 18.1. The van der Waals surface area contributed by atoms with E-state index in [0.29, 0.717) is 12.1 Å². The van der Waals surface area contributed by atoms with Crippen molar-refractivity contribution in [3.63, 3.8) is 0 Å². The van der Waals surface area contributed by atoms with Crippen molar-refractivity contribution in [1.82, 2.24) is 10.2 Å². The molecular formula is C27H26N2. The van der Waals surface area contributed by atoms with Gasteiger partial charge in [-0.25, -0.2) is 0 Å². The van der Waals surface area contributed by atoms with Gasteiger partial charge in [0.05, 0.1) is 6.04 Å². The fourth-order valence-electron chi connectivity index (χ4n) is 4.44. The monoisotopic (exact) mass is 378 g/mol. The summed E-state index contributed by atoms with van der Waals surface area (Å²) in [6.45, 7) is 3.06. The van der Waals surface area contributed by atoms with Gasteiger partial charge in [-0.2, -0.15) is 0 Å². The second kappa shape index (κ2) is 8.20. The van der Waals surface area contributed by atoms with Gasteiger partial charge < -0.3 is 5.32 Å². The number of likely N-dealkylation sites (tertiary alicyclic amines) is 1. The highest BCUT2D eigenvalue weighted by atomic mass is 15.3. The molecular weight excluding hydrogens is 352 g/mol. The molecule has 1 aliphatic rings. The van der Waals surface area contributed by atoms with E-state index in [0.717, 1.165) is 19.6 Å². The van der Waals surface area contributed by atoms with Gasteiger partial charge in [0.25, 0.3) is 0 Å². The molecule has 0 unspecified atom stereocenters. The molecule has 2 heteroatoms. The van der Waals surface area contributed by atoms with Gasteiger partial charge in [0.2, 0.25) is 0 Å². The van der Waals surface area contributed by atoms with Crippen molar-refractivity contribution < 1.29 is 0 Å². The molecule has 0 amide bonds. The van der Waals surface area contributed by atoms with Gasteiger partial charge in [-0.3, -0.25) is 4.90 Å². The molecule has 0 spiro atoms. The summed E-state index contributed by atoms with van der Waals surface area (Å²) in [6, 6.07) is 37.8. The molecule has 0 bridgehead atoms. The van der Waals surface area contributed by atoms with E-state index in [-0.39, 0.29) is 0 Å². The van der Waals surface area contributed by atoms with Crippen LogP contribution in [0.1, 0.15) is 22.7 Å². The van der Waals surface area contributed by atoms with Gasteiger partial charge in [-0.05, 0) is 27.5 Å². The fraction of sp³-hybridized carbons (Fsp3) is 0.185. The summed E-state index contributed by atoms with van der Waals surface area (Å²) in [7, 11) is 0. The summed E-state index contributed by atoms with van der Waals surface area (Å²) in [5.41, 5.74) is 4.11. The smallest absolute Gasteiger partial charge is 0.0602 e. The molecule has 2 nitrogen and oxygen atoms in total. The van der Waals surface area contributed by atoms with Gasteiger partial charge in [0, 0.05) is 25.7 Å². The largest absolute Gasteiger partial charge is 0.307 e. The Hall–Kier alpha value is -2.94. The predicted molar refractivity (Wildman–Crippen MR) is 121 cm³/mol. The molecule has 1 N–H and O–H groups in total. The second-order valence-electron chi connectivity index (χ2n) is 7.89. The Morgan fingerprint density at radius 1 is 0.690 bits per heavy atom. The lowest BCUT2D eigenvalue weighted by molar-refractivity contribution is 0.0923. The van der Waals surface area contributed by atoms with Crippen LogP contribution in [0.5, 0.6) is 0 Å². The van der Waals surface area contributed by atoms with Crippen molar-refractivity contribution in [2.24, 2.45) is 0 Å². The highest BCUT2D eigenvalue weighted by molar-refractivity contribution is 5.85. The van der Waals surface area contributed by atoms with Crippen molar-refractivity contribution in [3.05, 3.63) is 120 Å². The number of rotatable bonds is 6.